The maximum absolute atomic E-state index is 10.3. The van der Waals surface area contributed by atoms with Gasteiger partial charge in [-0.1, -0.05) is 6.07 Å². The number of urea groups is 1. The lowest BCUT2D eigenvalue weighted by molar-refractivity contribution is 0.249. The Labute approximate surface area is 72.3 Å². The highest BCUT2D eigenvalue weighted by atomic mass is 16.2. The van der Waals surface area contributed by atoms with Crippen LogP contribution in [-0.4, -0.2) is 17.6 Å². The van der Waals surface area contributed by atoms with Gasteiger partial charge in [0.15, 0.2) is 0 Å². The summed E-state index contributed by atoms with van der Waals surface area (Å²) in [4.78, 5) is 14.4. The molecule has 0 fully saturated rings. The first-order valence-corrected chi connectivity index (χ1v) is 3.72. The van der Waals surface area contributed by atoms with Crippen LogP contribution >= 0.6 is 0 Å². The second-order valence-corrected chi connectivity index (χ2v) is 2.36. The smallest absolute Gasteiger partial charge is 0.312 e. The summed E-state index contributed by atoms with van der Waals surface area (Å²) in [6.07, 6.45) is 2.43. The largest absolute Gasteiger partial charge is 0.352 e. The van der Waals surface area contributed by atoms with E-state index in [2.05, 4.69) is 10.3 Å². The summed E-state index contributed by atoms with van der Waals surface area (Å²) in [5, 5.41) is 2.49. The highest BCUT2D eigenvalue weighted by molar-refractivity contribution is 5.71. The predicted octanol–water partition coefficient (Wildman–Crippen LogP) is 0.538. The Bertz CT molecular complexity index is 253. The Balaban J connectivity index is 0.00000144. The number of nitrogens with two attached hydrogens (primary N) is 1. The molecule has 0 radical (unpaired) electrons. The normalized spacial score (nSPS) is 9.33. The molecule has 0 aliphatic heterocycles. The molecule has 1 rings (SSSR count). The van der Waals surface area contributed by atoms with Gasteiger partial charge in [-0.2, -0.15) is 0 Å². The van der Waals surface area contributed by atoms with E-state index in [9.17, 15) is 4.79 Å². The van der Waals surface area contributed by atoms with Crippen LogP contribution in [-0.2, 0) is 6.42 Å². The highest BCUT2D eigenvalue weighted by Gasteiger charge is 1.93. The van der Waals surface area contributed by atoms with Crippen LogP contribution in [0.5, 0.6) is 0 Å². The van der Waals surface area contributed by atoms with Crippen molar-refractivity contribution < 1.29 is 6.22 Å². The number of nitrogens with one attached hydrogen (secondary N) is 1. The maximum Gasteiger partial charge on any atom is 0.312 e. The van der Waals surface area contributed by atoms with Crippen molar-refractivity contribution in [2.75, 3.05) is 6.54 Å². The summed E-state index contributed by atoms with van der Waals surface area (Å²) in [7, 11) is 0. The van der Waals surface area contributed by atoms with Gasteiger partial charge in [0.1, 0.15) is 0 Å². The number of carbonyl (C=O) groups is 1. The van der Waals surface area contributed by atoms with Crippen molar-refractivity contribution >= 4 is 6.03 Å². The van der Waals surface area contributed by atoms with Crippen LogP contribution in [0.15, 0.2) is 24.4 Å². The Morgan fingerprint density at radius 2 is 2.50 bits per heavy atom. The van der Waals surface area contributed by atoms with Crippen LogP contribution in [0.4, 0.5) is 4.79 Å². The predicted molar refractivity (Wildman–Crippen MR) is 47.6 cm³/mol. The van der Waals surface area contributed by atoms with Gasteiger partial charge in [0, 0.05) is 26.3 Å². The molecular formula is C8H13N3O. The number of carbonyl (C=O) groups excluding carboxylic acids is 1. The summed E-state index contributed by atoms with van der Waals surface area (Å²) in [5.74, 6) is 0. The lowest BCUT2D eigenvalue weighted by atomic mass is 10.3. The number of amides is 2. The molecule has 2 amide bonds. The van der Waals surface area contributed by atoms with E-state index in [0.717, 1.165) is 5.69 Å². The van der Waals surface area contributed by atoms with E-state index in [1.54, 1.807) is 6.20 Å². The number of primary amides is 1. The zero-order valence-electron chi connectivity index (χ0n) is 6.66. The second-order valence-electron chi connectivity index (χ2n) is 2.36. The molecule has 4 heteroatoms. The van der Waals surface area contributed by atoms with Crippen molar-refractivity contribution in [3.63, 3.8) is 0 Å². The Morgan fingerprint density at radius 1 is 1.67 bits per heavy atom. The van der Waals surface area contributed by atoms with Gasteiger partial charge in [-0.15, -0.1) is 0 Å². The van der Waals surface area contributed by atoms with E-state index in [1.165, 1.54) is 0 Å². The fourth-order valence-corrected chi connectivity index (χ4v) is 0.860. The molecule has 0 aliphatic rings. The number of nitrogens with zero attached hydrogens (tertiary/aromatic N) is 1. The molecule has 1 aromatic heterocycles. The van der Waals surface area contributed by atoms with Crippen LogP contribution in [0.1, 0.15) is 7.12 Å². The van der Waals surface area contributed by atoms with Gasteiger partial charge >= 0.3 is 6.03 Å². The van der Waals surface area contributed by atoms with Gasteiger partial charge in [-0.05, 0) is 12.1 Å². The van der Waals surface area contributed by atoms with Gasteiger partial charge in [0.2, 0.25) is 0 Å². The maximum atomic E-state index is 10.3. The molecule has 0 aromatic carbocycles. The fourth-order valence-electron chi connectivity index (χ4n) is 0.860. The molecule has 12 heavy (non-hydrogen) atoms. The summed E-state index contributed by atoms with van der Waals surface area (Å²) in [5.41, 5.74) is 5.84. The van der Waals surface area contributed by atoms with E-state index in [-0.39, 0.29) is 1.43 Å². The standard InChI is InChI=1S/C8H11N3O.H2/c9-8(12)11-6-4-7-3-1-2-5-10-7;/h1-3,5H,4,6H2,(H3,9,11,12);1H. The van der Waals surface area contributed by atoms with E-state index in [4.69, 9.17) is 5.73 Å². The van der Waals surface area contributed by atoms with Crippen molar-refractivity contribution in [3.05, 3.63) is 30.1 Å². The van der Waals surface area contributed by atoms with Crippen molar-refractivity contribution in [2.45, 2.75) is 6.42 Å². The molecule has 0 saturated heterocycles. The van der Waals surface area contributed by atoms with Crippen molar-refractivity contribution in [1.82, 2.24) is 10.3 Å². The molecule has 0 atom stereocenters. The van der Waals surface area contributed by atoms with Crippen molar-refractivity contribution in [2.24, 2.45) is 5.73 Å². The van der Waals surface area contributed by atoms with Crippen LogP contribution < -0.4 is 11.1 Å². The number of aromatic nitrogens is 1. The number of hydrogen-bond donors (Lipinski definition) is 2. The molecule has 1 heterocycles. The number of hydrogen-bond acceptors (Lipinski definition) is 2. The minimum absolute atomic E-state index is 0. The lowest BCUT2D eigenvalue weighted by Gasteiger charge is -1.99. The highest BCUT2D eigenvalue weighted by Crippen LogP contribution is 1.92. The molecule has 0 unspecified atom stereocenters. The van der Waals surface area contributed by atoms with Gasteiger partial charge < -0.3 is 11.1 Å². The molecule has 0 saturated carbocycles. The summed E-state index contributed by atoms with van der Waals surface area (Å²) in [6.45, 7) is 0.534. The molecule has 0 bridgehead atoms. The third-order valence-electron chi connectivity index (χ3n) is 1.41. The number of pyridine rings is 1. The Hall–Kier alpha value is -1.58. The quantitative estimate of drug-likeness (QED) is 0.689. The molecule has 3 N–H and O–H groups in total. The van der Waals surface area contributed by atoms with Crippen LogP contribution in [0, 0.1) is 0 Å². The number of rotatable bonds is 3. The van der Waals surface area contributed by atoms with Crippen molar-refractivity contribution in [3.8, 4) is 0 Å². The lowest BCUT2D eigenvalue weighted by Crippen LogP contribution is -2.31. The zero-order chi connectivity index (χ0) is 8.81. The molecule has 0 aliphatic carbocycles. The van der Waals surface area contributed by atoms with E-state index < -0.39 is 6.03 Å². The fraction of sp³-hybridized carbons (Fsp3) is 0.250. The molecule has 66 valence electrons. The van der Waals surface area contributed by atoms with E-state index in [1.807, 2.05) is 18.2 Å². The molecular weight excluding hydrogens is 154 g/mol. The van der Waals surface area contributed by atoms with Crippen LogP contribution in [0.25, 0.3) is 0 Å². The Kier molecular flexibility index (Phi) is 3.07. The third-order valence-corrected chi connectivity index (χ3v) is 1.41. The minimum atomic E-state index is -0.495. The molecule has 4 nitrogen and oxygen atoms in total. The van der Waals surface area contributed by atoms with Gasteiger partial charge in [0.05, 0.1) is 0 Å². The minimum Gasteiger partial charge on any atom is -0.352 e. The van der Waals surface area contributed by atoms with Gasteiger partial charge in [-0.3, -0.25) is 4.98 Å². The van der Waals surface area contributed by atoms with Crippen LogP contribution in [0.3, 0.4) is 0 Å². The SMILES string of the molecule is NC(=O)NCCc1ccccn1.[HH]. The summed E-state index contributed by atoms with van der Waals surface area (Å²) < 4.78 is 0. The van der Waals surface area contributed by atoms with Crippen molar-refractivity contribution in [1.29, 1.82) is 0 Å². The third kappa shape index (κ3) is 3.01. The monoisotopic (exact) mass is 167 g/mol. The van der Waals surface area contributed by atoms with E-state index in [0.29, 0.717) is 13.0 Å². The average molecular weight is 167 g/mol. The summed E-state index contributed by atoms with van der Waals surface area (Å²) in [6, 6.07) is 5.17. The molecule has 0 spiro atoms. The Morgan fingerprint density at radius 3 is 3.08 bits per heavy atom. The van der Waals surface area contributed by atoms with Gasteiger partial charge in [0.25, 0.3) is 0 Å². The second kappa shape index (κ2) is 4.33. The van der Waals surface area contributed by atoms with E-state index >= 15 is 0 Å². The topological polar surface area (TPSA) is 68.0 Å². The first kappa shape index (κ1) is 8.52. The van der Waals surface area contributed by atoms with Gasteiger partial charge in [-0.25, -0.2) is 4.79 Å². The first-order valence-electron chi connectivity index (χ1n) is 3.72. The first-order chi connectivity index (χ1) is 5.79. The van der Waals surface area contributed by atoms with Crippen LogP contribution in [0.2, 0.25) is 0 Å². The molecule has 1 aromatic rings. The zero-order valence-corrected chi connectivity index (χ0v) is 6.66. The average Bonchev–Trinajstić information content (AvgIpc) is 2.05. The summed E-state index contributed by atoms with van der Waals surface area (Å²) >= 11 is 0.